The number of rotatable bonds is 4. The molecule has 0 aliphatic carbocycles. The topological polar surface area (TPSA) is 55.1 Å². The molecule has 3 N–H and O–H groups in total. The molecular weight excluding hydrogens is 233 g/mol. The van der Waals surface area contributed by atoms with E-state index in [0.717, 1.165) is 0 Å². The molecule has 0 aliphatic rings. The summed E-state index contributed by atoms with van der Waals surface area (Å²) < 4.78 is 38.9. The quantitative estimate of drug-likeness (QED) is 0.785. The number of nitrogens with two attached hydrogens (primary N) is 1. The first kappa shape index (κ1) is 13.2. The molecule has 0 bridgehead atoms. The highest BCUT2D eigenvalue weighted by molar-refractivity contribution is 5.94. The highest BCUT2D eigenvalue weighted by Crippen LogP contribution is 2.14. The van der Waals surface area contributed by atoms with Crippen LogP contribution in [0.3, 0.4) is 0 Å². The normalized spacial score (nSPS) is 10.8. The van der Waals surface area contributed by atoms with E-state index in [1.807, 2.05) is 0 Å². The molecule has 0 fully saturated rings. The molecule has 0 aromatic heterocycles. The highest BCUT2D eigenvalue weighted by atomic mass is 19.1. The predicted octanol–water partition coefficient (Wildman–Crippen LogP) is 1.35. The molecule has 1 rings (SSSR count). The van der Waals surface area contributed by atoms with Gasteiger partial charge in [0.25, 0.3) is 5.91 Å². The number of nitrogens with one attached hydrogen (secondary N) is 1. The second-order valence-corrected chi connectivity index (χ2v) is 3.16. The van der Waals surface area contributed by atoms with Gasteiger partial charge in [0.15, 0.2) is 0 Å². The van der Waals surface area contributed by atoms with Crippen LogP contribution in [0.2, 0.25) is 0 Å². The lowest BCUT2D eigenvalue weighted by Crippen LogP contribution is -2.25. The molecule has 92 valence electrons. The molecule has 0 aliphatic heterocycles. The number of hydrogen-bond donors (Lipinski definition) is 2. The first-order valence-electron chi connectivity index (χ1n) is 4.84. The fourth-order valence-corrected chi connectivity index (χ4v) is 1.18. The molecule has 1 aromatic carbocycles. The van der Waals surface area contributed by atoms with Gasteiger partial charge in [0.1, 0.15) is 23.0 Å². The zero-order valence-corrected chi connectivity index (χ0v) is 8.84. The van der Waals surface area contributed by atoms with E-state index in [0.29, 0.717) is 18.7 Å². The van der Waals surface area contributed by atoms with E-state index in [9.17, 15) is 18.0 Å². The molecule has 17 heavy (non-hydrogen) atoms. The van der Waals surface area contributed by atoms with Crippen LogP contribution >= 0.6 is 0 Å². The highest BCUT2D eigenvalue weighted by Gasteiger charge is 2.18. The van der Waals surface area contributed by atoms with Gasteiger partial charge >= 0.3 is 0 Å². The van der Waals surface area contributed by atoms with Crippen LogP contribution in [0.1, 0.15) is 10.4 Å². The van der Waals surface area contributed by atoms with Crippen molar-refractivity contribution in [2.24, 2.45) is 5.73 Å². The Hall–Kier alpha value is -1.82. The van der Waals surface area contributed by atoms with E-state index in [-0.39, 0.29) is 6.54 Å². The fraction of sp³-hybridized carbons (Fsp3) is 0.182. The minimum Gasteiger partial charge on any atom is -0.348 e. The molecule has 1 aromatic rings. The van der Waals surface area contributed by atoms with E-state index < -0.39 is 28.9 Å². The summed E-state index contributed by atoms with van der Waals surface area (Å²) in [5, 5.41) is 2.25. The largest absolute Gasteiger partial charge is 0.348 e. The van der Waals surface area contributed by atoms with Gasteiger partial charge in [-0.1, -0.05) is 12.2 Å². The molecule has 0 atom stereocenters. The molecule has 0 unspecified atom stereocenters. The van der Waals surface area contributed by atoms with Crippen molar-refractivity contribution < 1.29 is 18.0 Å². The number of benzene rings is 1. The Labute approximate surface area is 96.1 Å². The summed E-state index contributed by atoms with van der Waals surface area (Å²) >= 11 is 0. The van der Waals surface area contributed by atoms with Crippen LogP contribution in [0.4, 0.5) is 13.2 Å². The van der Waals surface area contributed by atoms with E-state index in [1.54, 1.807) is 6.08 Å². The Kier molecular flexibility index (Phi) is 4.71. The van der Waals surface area contributed by atoms with Crippen LogP contribution in [-0.2, 0) is 0 Å². The van der Waals surface area contributed by atoms with Crippen molar-refractivity contribution in [2.75, 3.05) is 13.1 Å². The minimum atomic E-state index is -1.23. The Morgan fingerprint density at radius 2 is 1.82 bits per heavy atom. The maximum absolute atomic E-state index is 13.2. The van der Waals surface area contributed by atoms with Crippen molar-refractivity contribution >= 4 is 5.91 Å². The average molecular weight is 244 g/mol. The standard InChI is InChI=1S/C11H11F3N2O/c12-7-5-8(13)10(9(14)6-7)11(17)16-4-2-1-3-15/h1-2,5-6H,3-4,15H2,(H,16,17)/b2-1+. The molecule has 0 saturated heterocycles. The van der Waals surface area contributed by atoms with Gasteiger partial charge in [0.2, 0.25) is 0 Å². The van der Waals surface area contributed by atoms with Gasteiger partial charge in [-0.25, -0.2) is 13.2 Å². The molecule has 0 saturated carbocycles. The van der Waals surface area contributed by atoms with Crippen molar-refractivity contribution in [1.82, 2.24) is 5.32 Å². The molecule has 0 radical (unpaired) electrons. The lowest BCUT2D eigenvalue weighted by Gasteiger charge is -2.05. The third-order valence-corrected chi connectivity index (χ3v) is 1.92. The monoisotopic (exact) mass is 244 g/mol. The number of carbonyl (C=O) groups is 1. The van der Waals surface area contributed by atoms with Crippen LogP contribution in [-0.4, -0.2) is 19.0 Å². The van der Waals surface area contributed by atoms with E-state index in [2.05, 4.69) is 5.32 Å². The van der Waals surface area contributed by atoms with Crippen LogP contribution in [0.5, 0.6) is 0 Å². The van der Waals surface area contributed by atoms with Crippen LogP contribution in [0.15, 0.2) is 24.3 Å². The van der Waals surface area contributed by atoms with Crippen LogP contribution < -0.4 is 11.1 Å². The molecule has 0 heterocycles. The van der Waals surface area contributed by atoms with Crippen molar-refractivity contribution in [3.63, 3.8) is 0 Å². The summed E-state index contributed by atoms with van der Waals surface area (Å²) in [6.07, 6.45) is 3.12. The van der Waals surface area contributed by atoms with Gasteiger partial charge in [0, 0.05) is 25.2 Å². The summed E-state index contributed by atoms with van der Waals surface area (Å²) in [7, 11) is 0. The fourth-order valence-electron chi connectivity index (χ4n) is 1.18. The molecular formula is C11H11F3N2O. The maximum Gasteiger partial charge on any atom is 0.257 e. The Morgan fingerprint density at radius 1 is 1.24 bits per heavy atom. The van der Waals surface area contributed by atoms with Gasteiger partial charge in [-0.2, -0.15) is 0 Å². The molecule has 0 spiro atoms. The van der Waals surface area contributed by atoms with Crippen molar-refractivity contribution in [3.05, 3.63) is 47.3 Å². The van der Waals surface area contributed by atoms with Crippen LogP contribution in [0.25, 0.3) is 0 Å². The van der Waals surface area contributed by atoms with Gasteiger partial charge < -0.3 is 11.1 Å². The van der Waals surface area contributed by atoms with Gasteiger partial charge in [-0.3, -0.25) is 4.79 Å². The van der Waals surface area contributed by atoms with Crippen molar-refractivity contribution in [1.29, 1.82) is 0 Å². The predicted molar refractivity (Wildman–Crippen MR) is 56.8 cm³/mol. The first-order valence-corrected chi connectivity index (χ1v) is 4.84. The summed E-state index contributed by atoms with van der Waals surface area (Å²) in [4.78, 5) is 11.4. The van der Waals surface area contributed by atoms with Gasteiger partial charge in [-0.15, -0.1) is 0 Å². The number of amides is 1. The lowest BCUT2D eigenvalue weighted by molar-refractivity contribution is 0.0949. The second-order valence-electron chi connectivity index (χ2n) is 3.16. The van der Waals surface area contributed by atoms with E-state index in [4.69, 9.17) is 5.73 Å². The van der Waals surface area contributed by atoms with Crippen molar-refractivity contribution in [2.45, 2.75) is 0 Å². The zero-order chi connectivity index (χ0) is 12.8. The molecule has 1 amide bonds. The Balaban J connectivity index is 2.79. The third kappa shape index (κ3) is 3.60. The van der Waals surface area contributed by atoms with Gasteiger partial charge in [-0.05, 0) is 0 Å². The smallest absolute Gasteiger partial charge is 0.257 e. The van der Waals surface area contributed by atoms with Gasteiger partial charge in [0.05, 0.1) is 0 Å². The average Bonchev–Trinajstić information content (AvgIpc) is 2.23. The Morgan fingerprint density at radius 3 is 2.35 bits per heavy atom. The Bertz CT molecular complexity index is 423. The number of hydrogen-bond acceptors (Lipinski definition) is 2. The maximum atomic E-state index is 13.2. The molecule has 3 nitrogen and oxygen atoms in total. The SMILES string of the molecule is NC/C=C/CNC(=O)c1c(F)cc(F)cc1F. The summed E-state index contributed by atoms with van der Waals surface area (Å²) in [6.45, 7) is 0.390. The molecule has 6 heteroatoms. The number of carbonyl (C=O) groups excluding carboxylic acids is 1. The third-order valence-electron chi connectivity index (χ3n) is 1.92. The number of halogens is 3. The van der Waals surface area contributed by atoms with Crippen LogP contribution in [0, 0.1) is 17.5 Å². The lowest BCUT2D eigenvalue weighted by atomic mass is 10.2. The zero-order valence-electron chi connectivity index (χ0n) is 8.84. The second kappa shape index (κ2) is 6.05. The van der Waals surface area contributed by atoms with E-state index >= 15 is 0 Å². The first-order chi connectivity index (χ1) is 8.06. The summed E-state index contributed by atoms with van der Waals surface area (Å²) in [6, 6.07) is 0.904. The minimum absolute atomic E-state index is 0.0896. The summed E-state index contributed by atoms with van der Waals surface area (Å²) in [5.41, 5.74) is 4.36. The van der Waals surface area contributed by atoms with E-state index in [1.165, 1.54) is 6.08 Å². The van der Waals surface area contributed by atoms with Crippen molar-refractivity contribution in [3.8, 4) is 0 Å². The summed E-state index contributed by atoms with van der Waals surface area (Å²) in [5.74, 6) is -4.48.